The first kappa shape index (κ1) is 12.3. The number of anilines is 1. The summed E-state index contributed by atoms with van der Waals surface area (Å²) in [6, 6.07) is 7.47. The second-order valence-corrected chi connectivity index (χ2v) is 5.48. The van der Waals surface area contributed by atoms with Crippen LogP contribution in [0.5, 0.6) is 0 Å². The largest absolute Gasteiger partial charge is 0.269 e. The van der Waals surface area contributed by atoms with Gasteiger partial charge in [0.15, 0.2) is 0 Å². The topological polar surface area (TPSA) is 50.3 Å². The van der Waals surface area contributed by atoms with Gasteiger partial charge in [-0.25, -0.2) is 4.90 Å². The van der Waals surface area contributed by atoms with Crippen molar-refractivity contribution < 1.29 is 9.59 Å². The number of hydrogen-bond donors (Lipinski definition) is 0. The zero-order valence-corrected chi connectivity index (χ0v) is 11.5. The average molecular weight is 278 g/mol. The number of amides is 2. The Morgan fingerprint density at radius 2 is 1.67 bits per heavy atom. The molecular weight excluding hydrogens is 264 g/mol. The van der Waals surface area contributed by atoms with E-state index in [2.05, 4.69) is 4.98 Å². The molecule has 2 aromatic rings. The summed E-state index contributed by atoms with van der Waals surface area (Å²) >= 11 is 0. The maximum absolute atomic E-state index is 12.6. The Bertz CT molecular complexity index is 774. The summed E-state index contributed by atoms with van der Waals surface area (Å²) in [6.07, 6.45) is 6.86. The molecule has 0 N–H and O–H groups in total. The van der Waals surface area contributed by atoms with E-state index in [9.17, 15) is 9.59 Å². The van der Waals surface area contributed by atoms with Gasteiger partial charge in [0.1, 0.15) is 0 Å². The van der Waals surface area contributed by atoms with Crippen molar-refractivity contribution >= 4 is 28.3 Å². The number of hydrogen-bond acceptors (Lipinski definition) is 3. The second kappa shape index (κ2) is 4.52. The Labute approximate surface area is 122 Å². The summed E-state index contributed by atoms with van der Waals surface area (Å²) in [4.78, 5) is 30.7. The number of pyridine rings is 1. The Kier molecular flexibility index (Phi) is 2.64. The normalized spacial score (nSPS) is 18.6. The number of aromatic nitrogens is 1. The minimum absolute atomic E-state index is 0.140. The molecule has 21 heavy (non-hydrogen) atoms. The summed E-state index contributed by atoms with van der Waals surface area (Å²) in [7, 11) is 0. The highest BCUT2D eigenvalue weighted by molar-refractivity contribution is 6.34. The fourth-order valence-electron chi connectivity index (χ4n) is 3.26. The van der Waals surface area contributed by atoms with E-state index in [4.69, 9.17) is 0 Å². The lowest BCUT2D eigenvalue weighted by Crippen LogP contribution is -2.31. The summed E-state index contributed by atoms with van der Waals surface area (Å²) in [6.45, 7) is 0. The molecule has 4 nitrogen and oxygen atoms in total. The van der Waals surface area contributed by atoms with Crippen LogP contribution in [0.4, 0.5) is 5.69 Å². The van der Waals surface area contributed by atoms with Crippen LogP contribution >= 0.6 is 0 Å². The number of carbonyl (C=O) groups excluding carboxylic acids is 2. The van der Waals surface area contributed by atoms with Gasteiger partial charge in [-0.15, -0.1) is 0 Å². The average Bonchev–Trinajstić information content (AvgIpc) is 2.79. The van der Waals surface area contributed by atoms with Crippen molar-refractivity contribution in [3.05, 3.63) is 47.8 Å². The van der Waals surface area contributed by atoms with Crippen molar-refractivity contribution in [2.24, 2.45) is 0 Å². The highest BCUT2D eigenvalue weighted by Crippen LogP contribution is 2.37. The van der Waals surface area contributed by atoms with E-state index in [-0.39, 0.29) is 11.8 Å². The van der Waals surface area contributed by atoms with Gasteiger partial charge in [-0.3, -0.25) is 14.6 Å². The van der Waals surface area contributed by atoms with E-state index < -0.39 is 0 Å². The molecule has 0 spiro atoms. The molecule has 0 fully saturated rings. The molecule has 2 aliphatic rings. The summed E-state index contributed by atoms with van der Waals surface area (Å²) in [5.41, 5.74) is 2.11. The third-order valence-electron chi connectivity index (χ3n) is 4.29. The summed E-state index contributed by atoms with van der Waals surface area (Å²) in [5, 5.41) is 1.81. The zero-order valence-electron chi connectivity index (χ0n) is 11.5. The van der Waals surface area contributed by atoms with Crippen molar-refractivity contribution in [1.82, 2.24) is 4.98 Å². The van der Waals surface area contributed by atoms with Crippen molar-refractivity contribution in [3.8, 4) is 0 Å². The van der Waals surface area contributed by atoms with Crippen LogP contribution in [0, 0.1) is 0 Å². The van der Waals surface area contributed by atoms with Crippen LogP contribution in [-0.2, 0) is 9.59 Å². The molecule has 1 aromatic heterocycles. The molecule has 0 bridgehead atoms. The molecule has 1 aliphatic carbocycles. The molecule has 2 heterocycles. The first-order valence-electron chi connectivity index (χ1n) is 7.21. The van der Waals surface area contributed by atoms with Gasteiger partial charge in [0.05, 0.1) is 5.69 Å². The molecule has 2 amide bonds. The van der Waals surface area contributed by atoms with Crippen LogP contribution in [0.2, 0.25) is 0 Å². The highest BCUT2D eigenvalue weighted by atomic mass is 16.2. The van der Waals surface area contributed by atoms with Crippen molar-refractivity contribution in [2.45, 2.75) is 25.7 Å². The Morgan fingerprint density at radius 3 is 2.38 bits per heavy atom. The molecule has 1 aromatic carbocycles. The molecule has 0 radical (unpaired) electrons. The van der Waals surface area contributed by atoms with Crippen LogP contribution in [-0.4, -0.2) is 16.8 Å². The minimum atomic E-state index is -0.140. The monoisotopic (exact) mass is 278 g/mol. The molecule has 0 atom stereocenters. The molecular formula is C17H14N2O2. The lowest BCUT2D eigenvalue weighted by molar-refractivity contribution is -0.120. The van der Waals surface area contributed by atoms with Gasteiger partial charge in [-0.05, 0) is 37.8 Å². The predicted octanol–water partition coefficient (Wildman–Crippen LogP) is 2.98. The number of imide groups is 1. The molecule has 0 saturated heterocycles. The highest BCUT2D eigenvalue weighted by Gasteiger charge is 2.40. The van der Waals surface area contributed by atoms with Crippen LogP contribution in [0.15, 0.2) is 47.8 Å². The zero-order chi connectivity index (χ0) is 14.4. The SMILES string of the molecule is O=C1C2=C(CCCC2)C(=O)N1c1cccc2cnccc12. The fraction of sp³-hybridized carbons (Fsp3) is 0.235. The molecule has 0 unspecified atom stereocenters. The maximum Gasteiger partial charge on any atom is 0.261 e. The predicted molar refractivity (Wildman–Crippen MR) is 79.7 cm³/mol. The van der Waals surface area contributed by atoms with Crippen molar-refractivity contribution in [2.75, 3.05) is 4.90 Å². The van der Waals surface area contributed by atoms with E-state index in [0.29, 0.717) is 5.69 Å². The molecule has 4 heteroatoms. The second-order valence-electron chi connectivity index (χ2n) is 5.48. The Hall–Kier alpha value is -2.49. The van der Waals surface area contributed by atoms with Crippen LogP contribution in [0.25, 0.3) is 10.8 Å². The van der Waals surface area contributed by atoms with Gasteiger partial charge < -0.3 is 0 Å². The van der Waals surface area contributed by atoms with Gasteiger partial charge in [0, 0.05) is 34.3 Å². The lowest BCUT2D eigenvalue weighted by atomic mass is 9.93. The Morgan fingerprint density at radius 1 is 0.952 bits per heavy atom. The fourth-order valence-corrected chi connectivity index (χ4v) is 3.26. The minimum Gasteiger partial charge on any atom is -0.269 e. The molecule has 0 saturated carbocycles. The molecule has 104 valence electrons. The van der Waals surface area contributed by atoms with E-state index in [1.165, 1.54) is 4.90 Å². The quantitative estimate of drug-likeness (QED) is 0.753. The van der Waals surface area contributed by atoms with Gasteiger partial charge in [0.2, 0.25) is 0 Å². The maximum atomic E-state index is 12.6. The van der Waals surface area contributed by atoms with Gasteiger partial charge in [-0.2, -0.15) is 0 Å². The van der Waals surface area contributed by atoms with E-state index >= 15 is 0 Å². The Balaban J connectivity index is 1.87. The first-order valence-corrected chi connectivity index (χ1v) is 7.21. The van der Waals surface area contributed by atoms with Gasteiger partial charge in [0.25, 0.3) is 11.8 Å². The van der Waals surface area contributed by atoms with Crippen molar-refractivity contribution in [3.63, 3.8) is 0 Å². The standard InChI is InChI=1S/C17H14N2O2/c20-16-13-5-1-2-6-14(13)17(21)19(16)15-7-3-4-11-10-18-9-8-12(11)15/h3-4,7-10H,1-2,5-6H2. The van der Waals surface area contributed by atoms with Gasteiger partial charge in [-0.1, -0.05) is 12.1 Å². The number of carbonyl (C=O) groups is 2. The third kappa shape index (κ3) is 1.72. The molecule has 4 rings (SSSR count). The van der Waals surface area contributed by atoms with Crippen LogP contribution in [0.3, 0.4) is 0 Å². The van der Waals surface area contributed by atoms with E-state index in [1.54, 1.807) is 12.4 Å². The number of rotatable bonds is 1. The van der Waals surface area contributed by atoms with Gasteiger partial charge >= 0.3 is 0 Å². The van der Waals surface area contributed by atoms with Crippen LogP contribution in [0.1, 0.15) is 25.7 Å². The van der Waals surface area contributed by atoms with E-state index in [0.717, 1.165) is 47.6 Å². The summed E-state index contributed by atoms with van der Waals surface area (Å²) in [5.74, 6) is -0.280. The summed E-state index contributed by atoms with van der Waals surface area (Å²) < 4.78 is 0. The number of benzene rings is 1. The number of fused-ring (bicyclic) bond motifs is 1. The first-order chi connectivity index (χ1) is 10.3. The van der Waals surface area contributed by atoms with E-state index in [1.807, 2.05) is 24.3 Å². The third-order valence-corrected chi connectivity index (χ3v) is 4.29. The molecule has 1 aliphatic heterocycles. The number of nitrogens with zero attached hydrogens (tertiary/aromatic N) is 2. The van der Waals surface area contributed by atoms with Crippen LogP contribution < -0.4 is 4.90 Å². The lowest BCUT2D eigenvalue weighted by Gasteiger charge is -2.17. The smallest absolute Gasteiger partial charge is 0.261 e. The van der Waals surface area contributed by atoms with Crippen molar-refractivity contribution in [1.29, 1.82) is 0 Å².